The van der Waals surface area contributed by atoms with Crippen LogP contribution < -0.4 is 9.64 Å². The molecule has 7 nitrogen and oxygen atoms in total. The summed E-state index contributed by atoms with van der Waals surface area (Å²) in [7, 11) is 0. The Balaban J connectivity index is 1.76. The van der Waals surface area contributed by atoms with E-state index in [4.69, 9.17) is 9.47 Å². The quantitative estimate of drug-likeness (QED) is 0.0948. The van der Waals surface area contributed by atoms with Gasteiger partial charge in [0.15, 0.2) is 0 Å². The second kappa shape index (κ2) is 13.1. The molecule has 7 heteroatoms. The molecule has 1 aliphatic heterocycles. The number of aliphatic hydroxyl groups is 1. The van der Waals surface area contributed by atoms with Crippen molar-refractivity contribution >= 4 is 29.1 Å². The van der Waals surface area contributed by atoms with E-state index in [1.54, 1.807) is 42.5 Å². The highest BCUT2D eigenvalue weighted by Gasteiger charge is 2.47. The van der Waals surface area contributed by atoms with Gasteiger partial charge in [0.1, 0.15) is 11.5 Å². The maximum Gasteiger partial charge on any atom is 0.338 e. The molecule has 1 aliphatic rings. The molecule has 0 spiro atoms. The third-order valence-corrected chi connectivity index (χ3v) is 6.74. The number of aliphatic hydroxyl groups excluding tert-OH is 1. The van der Waals surface area contributed by atoms with Crippen molar-refractivity contribution in [3.05, 3.63) is 101 Å². The predicted octanol–water partition coefficient (Wildman–Crippen LogP) is 6.76. The Kier molecular flexibility index (Phi) is 9.38. The number of esters is 1. The minimum atomic E-state index is -0.896. The van der Waals surface area contributed by atoms with E-state index >= 15 is 0 Å². The number of unbranched alkanes of at least 4 members (excludes halogenated alkanes) is 2. The number of hydrogen-bond acceptors (Lipinski definition) is 6. The van der Waals surface area contributed by atoms with Gasteiger partial charge in [0.2, 0.25) is 0 Å². The average molecular weight is 542 g/mol. The number of ketones is 1. The van der Waals surface area contributed by atoms with Crippen molar-refractivity contribution in [3.8, 4) is 5.75 Å². The molecule has 1 unspecified atom stereocenters. The molecule has 0 aliphatic carbocycles. The van der Waals surface area contributed by atoms with E-state index in [0.717, 1.165) is 24.8 Å². The summed E-state index contributed by atoms with van der Waals surface area (Å²) in [5.41, 5.74) is 2.60. The van der Waals surface area contributed by atoms with Crippen LogP contribution in [0.25, 0.3) is 5.76 Å². The molecule has 40 heavy (non-hydrogen) atoms. The van der Waals surface area contributed by atoms with Crippen LogP contribution in [-0.4, -0.2) is 36.0 Å². The number of carbonyl (C=O) groups excluding carboxylic acids is 3. The lowest BCUT2D eigenvalue weighted by atomic mass is 9.94. The van der Waals surface area contributed by atoms with Crippen molar-refractivity contribution in [2.45, 2.75) is 52.5 Å². The van der Waals surface area contributed by atoms with Gasteiger partial charge >= 0.3 is 5.97 Å². The second-order valence-corrected chi connectivity index (χ2v) is 9.85. The van der Waals surface area contributed by atoms with Crippen LogP contribution in [0.15, 0.2) is 78.4 Å². The van der Waals surface area contributed by atoms with Crippen molar-refractivity contribution in [3.63, 3.8) is 0 Å². The number of anilines is 1. The van der Waals surface area contributed by atoms with Gasteiger partial charge in [-0.25, -0.2) is 4.79 Å². The molecule has 0 aromatic heterocycles. The summed E-state index contributed by atoms with van der Waals surface area (Å²) in [4.78, 5) is 40.9. The smallest absolute Gasteiger partial charge is 0.338 e. The molecule has 3 aromatic rings. The van der Waals surface area contributed by atoms with Gasteiger partial charge in [-0.05, 0) is 67.8 Å². The van der Waals surface area contributed by atoms with Crippen molar-refractivity contribution in [2.24, 2.45) is 0 Å². The number of amides is 1. The zero-order valence-corrected chi connectivity index (χ0v) is 23.2. The van der Waals surface area contributed by atoms with Crippen LogP contribution in [0, 0.1) is 6.92 Å². The molecule has 1 N–H and O–H groups in total. The number of benzene rings is 3. The summed E-state index contributed by atoms with van der Waals surface area (Å²) in [6.07, 6.45) is 3.82. The Morgan fingerprint density at radius 1 is 0.875 bits per heavy atom. The maximum absolute atomic E-state index is 13.5. The second-order valence-electron chi connectivity index (χ2n) is 9.85. The van der Waals surface area contributed by atoms with E-state index in [1.165, 1.54) is 11.0 Å². The lowest BCUT2D eigenvalue weighted by Crippen LogP contribution is -2.29. The standard InChI is InChI=1S/C33H35NO6/c1-4-6-7-19-39-27-16-14-23(15-17-27)30(35)28-29(24-11-8-10-22(3)20-24)34(32(37)31(28)36)26-13-9-12-25(21-26)33(38)40-18-5-2/h8-17,20-21,29,35H,4-7,18-19H2,1-3H3/b30-28+. The van der Waals surface area contributed by atoms with E-state index in [1.807, 2.05) is 38.1 Å². The number of nitrogens with zero attached hydrogens (tertiary/aromatic N) is 1. The SMILES string of the molecule is CCCCCOc1ccc(/C(O)=C2\C(=O)C(=O)N(c3cccc(C(=O)OCCC)c3)C2c2cccc(C)c2)cc1. The van der Waals surface area contributed by atoms with Gasteiger partial charge in [-0.1, -0.05) is 62.6 Å². The third-order valence-electron chi connectivity index (χ3n) is 6.74. The van der Waals surface area contributed by atoms with E-state index in [-0.39, 0.29) is 23.5 Å². The molecule has 1 fully saturated rings. The third kappa shape index (κ3) is 6.25. The summed E-state index contributed by atoms with van der Waals surface area (Å²) in [5.74, 6) is -1.71. The first-order chi connectivity index (χ1) is 19.3. The van der Waals surface area contributed by atoms with Crippen molar-refractivity contribution < 1.29 is 29.0 Å². The molecule has 1 atom stereocenters. The maximum atomic E-state index is 13.5. The van der Waals surface area contributed by atoms with E-state index in [9.17, 15) is 19.5 Å². The number of Topliss-reactive ketones (excluding diaryl/α,β-unsaturated/α-hetero) is 1. The zero-order valence-electron chi connectivity index (χ0n) is 23.2. The lowest BCUT2D eigenvalue weighted by molar-refractivity contribution is -0.132. The first-order valence-electron chi connectivity index (χ1n) is 13.7. The van der Waals surface area contributed by atoms with E-state index in [0.29, 0.717) is 35.6 Å². The Bertz CT molecular complexity index is 1410. The molecule has 1 heterocycles. The van der Waals surface area contributed by atoms with Crippen molar-refractivity contribution in [1.29, 1.82) is 0 Å². The molecule has 0 bridgehead atoms. The van der Waals surface area contributed by atoms with E-state index < -0.39 is 23.7 Å². The Hall–Kier alpha value is -4.39. The highest BCUT2D eigenvalue weighted by atomic mass is 16.5. The molecule has 1 saturated heterocycles. The van der Waals surface area contributed by atoms with Crippen LogP contribution >= 0.6 is 0 Å². The van der Waals surface area contributed by atoms with Crippen LogP contribution in [0.3, 0.4) is 0 Å². The predicted molar refractivity (Wildman–Crippen MR) is 154 cm³/mol. The van der Waals surface area contributed by atoms with Gasteiger partial charge in [0.05, 0.1) is 30.4 Å². The molecule has 0 radical (unpaired) electrons. The van der Waals surface area contributed by atoms with Crippen LogP contribution in [-0.2, 0) is 14.3 Å². The lowest BCUT2D eigenvalue weighted by Gasteiger charge is -2.26. The topological polar surface area (TPSA) is 93.1 Å². The molecular formula is C33H35NO6. The number of aryl methyl sites for hydroxylation is 1. The number of hydrogen-bond donors (Lipinski definition) is 1. The van der Waals surface area contributed by atoms with Gasteiger partial charge in [0.25, 0.3) is 11.7 Å². The molecular weight excluding hydrogens is 506 g/mol. The Labute approximate surface area is 235 Å². The molecule has 0 saturated carbocycles. The van der Waals surface area contributed by atoms with Crippen LogP contribution in [0.2, 0.25) is 0 Å². The van der Waals surface area contributed by atoms with E-state index in [2.05, 4.69) is 6.92 Å². The van der Waals surface area contributed by atoms with Crippen LogP contribution in [0.5, 0.6) is 5.75 Å². The van der Waals surface area contributed by atoms with Crippen molar-refractivity contribution in [1.82, 2.24) is 0 Å². The highest BCUT2D eigenvalue weighted by Crippen LogP contribution is 2.42. The average Bonchev–Trinajstić information content (AvgIpc) is 3.24. The molecule has 208 valence electrons. The monoisotopic (exact) mass is 541 g/mol. The summed E-state index contributed by atoms with van der Waals surface area (Å²) < 4.78 is 11.0. The zero-order chi connectivity index (χ0) is 28.6. The molecule has 4 rings (SSSR count). The largest absolute Gasteiger partial charge is 0.507 e. The number of ether oxygens (including phenoxy) is 2. The summed E-state index contributed by atoms with van der Waals surface area (Å²) in [6.45, 7) is 6.82. The van der Waals surface area contributed by atoms with Gasteiger partial charge in [-0.3, -0.25) is 14.5 Å². The minimum absolute atomic E-state index is 0.0221. The normalized spacial score (nSPS) is 16.3. The van der Waals surface area contributed by atoms with Gasteiger partial charge < -0.3 is 14.6 Å². The van der Waals surface area contributed by atoms with Gasteiger partial charge in [-0.2, -0.15) is 0 Å². The number of rotatable bonds is 11. The summed E-state index contributed by atoms with van der Waals surface area (Å²) in [5, 5.41) is 11.4. The fourth-order valence-electron chi connectivity index (χ4n) is 4.72. The fourth-order valence-corrected chi connectivity index (χ4v) is 4.72. The summed E-state index contributed by atoms with van der Waals surface area (Å²) in [6, 6.07) is 19.8. The molecule has 3 aromatic carbocycles. The highest BCUT2D eigenvalue weighted by molar-refractivity contribution is 6.51. The minimum Gasteiger partial charge on any atom is -0.507 e. The molecule has 1 amide bonds. The fraction of sp³-hybridized carbons (Fsp3) is 0.303. The first kappa shape index (κ1) is 28.6. The number of carbonyl (C=O) groups is 3. The Morgan fingerprint density at radius 2 is 1.62 bits per heavy atom. The van der Waals surface area contributed by atoms with Gasteiger partial charge in [0, 0.05) is 11.3 Å². The van der Waals surface area contributed by atoms with Crippen molar-refractivity contribution in [2.75, 3.05) is 18.1 Å². The Morgan fingerprint density at radius 3 is 2.33 bits per heavy atom. The first-order valence-corrected chi connectivity index (χ1v) is 13.7. The summed E-state index contributed by atoms with van der Waals surface area (Å²) >= 11 is 0. The van der Waals surface area contributed by atoms with Gasteiger partial charge in [-0.15, -0.1) is 0 Å². The van der Waals surface area contributed by atoms with Crippen LogP contribution in [0.4, 0.5) is 5.69 Å². The van der Waals surface area contributed by atoms with Crippen LogP contribution in [0.1, 0.15) is 72.6 Å².